The van der Waals surface area contributed by atoms with Crippen LogP contribution < -0.4 is 0 Å². The smallest absolute Gasteiger partial charge is 0.0992 e. The molecule has 0 atom stereocenters. The number of benzene rings is 1. The van der Waals surface area contributed by atoms with E-state index in [1.165, 1.54) is 0 Å². The molecule has 0 N–H and O–H groups in total. The zero-order valence-electron chi connectivity index (χ0n) is 7.33. The van der Waals surface area contributed by atoms with Gasteiger partial charge >= 0.3 is 0 Å². The SMILES string of the molecule is Cc1ccc(C#N)cc1C#CCS. The average Bonchev–Trinajstić information content (AvgIpc) is 2.17. The van der Waals surface area contributed by atoms with Gasteiger partial charge in [-0.1, -0.05) is 17.9 Å². The first-order valence-electron chi connectivity index (χ1n) is 3.88. The zero-order chi connectivity index (χ0) is 9.68. The molecule has 0 aliphatic heterocycles. The maximum atomic E-state index is 8.67. The number of nitriles is 1. The van der Waals surface area contributed by atoms with E-state index in [1.807, 2.05) is 13.0 Å². The summed E-state index contributed by atoms with van der Waals surface area (Å²) in [5, 5.41) is 8.67. The highest BCUT2D eigenvalue weighted by atomic mass is 32.1. The third kappa shape index (κ3) is 2.54. The summed E-state index contributed by atoms with van der Waals surface area (Å²) in [6.45, 7) is 1.98. The zero-order valence-corrected chi connectivity index (χ0v) is 8.23. The summed E-state index contributed by atoms with van der Waals surface area (Å²) in [4.78, 5) is 0. The lowest BCUT2D eigenvalue weighted by molar-refractivity contribution is 1.40. The first kappa shape index (κ1) is 9.71. The second-order valence-corrected chi connectivity index (χ2v) is 2.92. The minimum absolute atomic E-state index is 0.538. The molecule has 13 heavy (non-hydrogen) atoms. The van der Waals surface area contributed by atoms with Crippen LogP contribution in [0.1, 0.15) is 16.7 Å². The third-order valence-electron chi connectivity index (χ3n) is 1.67. The van der Waals surface area contributed by atoms with E-state index in [2.05, 4.69) is 30.5 Å². The Morgan fingerprint density at radius 1 is 1.46 bits per heavy atom. The van der Waals surface area contributed by atoms with Gasteiger partial charge in [0.25, 0.3) is 0 Å². The Hall–Kier alpha value is -1.38. The van der Waals surface area contributed by atoms with E-state index < -0.39 is 0 Å². The van der Waals surface area contributed by atoms with E-state index in [4.69, 9.17) is 5.26 Å². The molecule has 0 fully saturated rings. The molecule has 1 aromatic carbocycles. The molecule has 0 aliphatic rings. The average molecular weight is 187 g/mol. The Bertz CT molecular complexity index is 404. The molecule has 0 spiro atoms. The maximum absolute atomic E-state index is 8.67. The van der Waals surface area contributed by atoms with Crippen molar-refractivity contribution in [2.45, 2.75) is 6.92 Å². The van der Waals surface area contributed by atoms with E-state index in [9.17, 15) is 0 Å². The van der Waals surface area contributed by atoms with Crippen LogP contribution in [-0.2, 0) is 0 Å². The number of thiol groups is 1. The van der Waals surface area contributed by atoms with Gasteiger partial charge in [-0.15, -0.1) is 0 Å². The van der Waals surface area contributed by atoms with Crippen molar-refractivity contribution in [2.24, 2.45) is 0 Å². The first-order valence-corrected chi connectivity index (χ1v) is 4.51. The van der Waals surface area contributed by atoms with Crippen LogP contribution in [0, 0.1) is 30.1 Å². The monoisotopic (exact) mass is 187 g/mol. The fourth-order valence-corrected chi connectivity index (χ4v) is 1.04. The number of aryl methyl sites for hydroxylation is 1. The maximum Gasteiger partial charge on any atom is 0.0992 e. The van der Waals surface area contributed by atoms with Crippen molar-refractivity contribution in [1.29, 1.82) is 5.26 Å². The fourth-order valence-electron chi connectivity index (χ4n) is 0.961. The van der Waals surface area contributed by atoms with Gasteiger partial charge < -0.3 is 0 Å². The van der Waals surface area contributed by atoms with Crippen molar-refractivity contribution in [1.82, 2.24) is 0 Å². The highest BCUT2D eigenvalue weighted by molar-refractivity contribution is 7.80. The van der Waals surface area contributed by atoms with Crippen LogP contribution in [0.15, 0.2) is 18.2 Å². The lowest BCUT2D eigenvalue weighted by Gasteiger charge is -1.96. The van der Waals surface area contributed by atoms with Crippen LogP contribution >= 0.6 is 12.6 Å². The van der Waals surface area contributed by atoms with Crippen molar-refractivity contribution in [3.05, 3.63) is 34.9 Å². The van der Waals surface area contributed by atoms with E-state index in [-0.39, 0.29) is 0 Å². The van der Waals surface area contributed by atoms with Crippen molar-refractivity contribution in [3.63, 3.8) is 0 Å². The van der Waals surface area contributed by atoms with Crippen LogP contribution in [0.5, 0.6) is 0 Å². The van der Waals surface area contributed by atoms with Gasteiger partial charge in [0.1, 0.15) is 0 Å². The number of rotatable bonds is 0. The molecule has 0 unspecified atom stereocenters. The predicted octanol–water partition coefficient (Wildman–Crippen LogP) is 2.15. The van der Waals surface area contributed by atoms with Gasteiger partial charge in [-0.25, -0.2) is 0 Å². The standard InChI is InChI=1S/C11H9NS/c1-9-4-5-10(8-12)7-11(9)3-2-6-13/h4-5,7,13H,6H2,1H3. The third-order valence-corrected chi connectivity index (χ3v) is 1.83. The summed E-state index contributed by atoms with van der Waals surface area (Å²) in [5.41, 5.74) is 2.65. The molecule has 0 saturated carbocycles. The molecule has 0 radical (unpaired) electrons. The molecule has 0 aromatic heterocycles. The second kappa shape index (κ2) is 4.60. The van der Waals surface area contributed by atoms with Crippen LogP contribution in [-0.4, -0.2) is 5.75 Å². The Labute approximate surface area is 83.8 Å². The Kier molecular flexibility index (Phi) is 3.43. The Balaban J connectivity index is 3.13. The van der Waals surface area contributed by atoms with Crippen molar-refractivity contribution in [3.8, 4) is 17.9 Å². The summed E-state index contributed by atoms with van der Waals surface area (Å²) >= 11 is 4.00. The minimum Gasteiger partial charge on any atom is -0.192 e. The lowest BCUT2D eigenvalue weighted by Crippen LogP contribution is -1.84. The molecule has 0 bridgehead atoms. The van der Waals surface area contributed by atoms with Crippen LogP contribution in [0.4, 0.5) is 0 Å². The van der Waals surface area contributed by atoms with Crippen LogP contribution in [0.3, 0.4) is 0 Å². The fraction of sp³-hybridized carbons (Fsp3) is 0.182. The largest absolute Gasteiger partial charge is 0.192 e. The van der Waals surface area contributed by atoms with Gasteiger partial charge in [-0.2, -0.15) is 17.9 Å². The lowest BCUT2D eigenvalue weighted by atomic mass is 10.1. The molecule has 1 nitrogen and oxygen atoms in total. The highest BCUT2D eigenvalue weighted by Gasteiger charge is 1.95. The Morgan fingerprint density at radius 2 is 2.23 bits per heavy atom. The summed E-state index contributed by atoms with van der Waals surface area (Å²) in [6, 6.07) is 7.58. The molecule has 0 aliphatic carbocycles. The molecule has 64 valence electrons. The second-order valence-electron chi connectivity index (χ2n) is 2.60. The predicted molar refractivity (Wildman–Crippen MR) is 56.6 cm³/mol. The Morgan fingerprint density at radius 3 is 2.85 bits per heavy atom. The summed E-state index contributed by atoms with van der Waals surface area (Å²) in [7, 11) is 0. The normalized spacial score (nSPS) is 8.38. The highest BCUT2D eigenvalue weighted by Crippen LogP contribution is 2.08. The van der Waals surface area contributed by atoms with E-state index in [1.54, 1.807) is 12.1 Å². The van der Waals surface area contributed by atoms with Crippen LogP contribution in [0.2, 0.25) is 0 Å². The summed E-state index contributed by atoms with van der Waals surface area (Å²) in [5.74, 6) is 6.36. The number of nitrogens with zero attached hydrogens (tertiary/aromatic N) is 1. The van der Waals surface area contributed by atoms with E-state index in [0.717, 1.165) is 11.1 Å². The van der Waals surface area contributed by atoms with Crippen LogP contribution in [0.25, 0.3) is 0 Å². The van der Waals surface area contributed by atoms with Gasteiger partial charge in [-0.05, 0) is 24.6 Å². The van der Waals surface area contributed by atoms with E-state index in [0.29, 0.717) is 11.3 Å². The molecule has 2 heteroatoms. The van der Waals surface area contributed by atoms with Gasteiger partial charge in [0.15, 0.2) is 0 Å². The van der Waals surface area contributed by atoms with E-state index >= 15 is 0 Å². The topological polar surface area (TPSA) is 23.8 Å². The number of hydrogen-bond donors (Lipinski definition) is 1. The molecule has 0 amide bonds. The van der Waals surface area contributed by atoms with Crippen molar-refractivity contribution >= 4 is 12.6 Å². The minimum atomic E-state index is 0.538. The molecule has 0 heterocycles. The molecule has 1 rings (SSSR count). The van der Waals surface area contributed by atoms with Crippen molar-refractivity contribution < 1.29 is 0 Å². The van der Waals surface area contributed by atoms with Gasteiger partial charge in [0.05, 0.1) is 17.4 Å². The molecular weight excluding hydrogens is 178 g/mol. The molecule has 0 saturated heterocycles. The molecular formula is C11H9NS. The van der Waals surface area contributed by atoms with Gasteiger partial charge in [-0.3, -0.25) is 0 Å². The van der Waals surface area contributed by atoms with Gasteiger partial charge in [0.2, 0.25) is 0 Å². The summed E-state index contributed by atoms with van der Waals surface area (Å²) in [6.07, 6.45) is 0. The first-order chi connectivity index (χ1) is 6.27. The quantitative estimate of drug-likeness (QED) is 0.488. The van der Waals surface area contributed by atoms with Crippen molar-refractivity contribution in [2.75, 3.05) is 5.75 Å². The number of hydrogen-bond acceptors (Lipinski definition) is 2. The van der Waals surface area contributed by atoms with Gasteiger partial charge in [0, 0.05) is 5.56 Å². The summed E-state index contributed by atoms with van der Waals surface area (Å²) < 4.78 is 0. The molecule has 1 aromatic rings.